The van der Waals surface area contributed by atoms with Gasteiger partial charge >= 0.3 is 23.9 Å². The van der Waals surface area contributed by atoms with Crippen molar-refractivity contribution in [2.45, 2.75) is 35.4 Å². The van der Waals surface area contributed by atoms with E-state index in [1.807, 2.05) is 54.1 Å². The molecule has 4 heterocycles. The van der Waals surface area contributed by atoms with Crippen molar-refractivity contribution >= 4 is 70.3 Å². The summed E-state index contributed by atoms with van der Waals surface area (Å²) in [6.07, 6.45) is 7.13. The van der Waals surface area contributed by atoms with Crippen molar-refractivity contribution in [2.24, 2.45) is 0 Å². The van der Waals surface area contributed by atoms with Gasteiger partial charge in [-0.25, -0.2) is 19.2 Å². The van der Waals surface area contributed by atoms with Crippen LogP contribution in [0.1, 0.15) is 22.7 Å². The zero-order valence-corrected chi connectivity index (χ0v) is 29.3. The highest BCUT2D eigenvalue weighted by molar-refractivity contribution is 7.99. The van der Waals surface area contributed by atoms with E-state index in [-0.39, 0.29) is 0 Å². The van der Waals surface area contributed by atoms with Gasteiger partial charge < -0.3 is 25.3 Å². The minimum absolute atomic E-state index is 0.558. The number of nitrogens with zero attached hydrogens (tertiary/aromatic N) is 4. The van der Waals surface area contributed by atoms with Gasteiger partial charge in [0.05, 0.1) is 10.0 Å². The lowest BCUT2D eigenvalue weighted by molar-refractivity contribution is -0.134. The number of hydrogen-bond donors (Lipinski definition) is 4. The smallest absolute Gasteiger partial charge is 0.328 e. The first-order valence-electron chi connectivity index (χ1n) is 14.5. The predicted molar refractivity (Wildman–Crippen MR) is 188 cm³/mol. The summed E-state index contributed by atoms with van der Waals surface area (Å²) in [7, 11) is 0. The van der Waals surface area contributed by atoms with E-state index < -0.39 is 23.9 Å². The molecule has 12 nitrogen and oxygen atoms in total. The van der Waals surface area contributed by atoms with Crippen LogP contribution >= 0.6 is 46.5 Å². The summed E-state index contributed by atoms with van der Waals surface area (Å²) in [4.78, 5) is 56.1. The number of pyridine rings is 2. The van der Waals surface area contributed by atoms with Gasteiger partial charge in [-0.15, -0.1) is 34.9 Å². The van der Waals surface area contributed by atoms with Crippen molar-refractivity contribution in [3.05, 3.63) is 93.7 Å². The Labute approximate surface area is 296 Å². The molecule has 4 rings (SSSR count). The van der Waals surface area contributed by atoms with Gasteiger partial charge in [0.2, 0.25) is 0 Å². The van der Waals surface area contributed by atoms with Gasteiger partial charge in [-0.1, -0.05) is 11.6 Å². The highest BCUT2D eigenvalue weighted by Crippen LogP contribution is 2.26. The molecule has 258 valence electrons. The van der Waals surface area contributed by atoms with Crippen molar-refractivity contribution in [3.63, 3.8) is 0 Å². The van der Waals surface area contributed by atoms with Crippen molar-refractivity contribution < 1.29 is 39.6 Å². The van der Waals surface area contributed by atoms with E-state index in [0.717, 1.165) is 60.0 Å². The Bertz CT molecular complexity index is 1460. The highest BCUT2D eigenvalue weighted by Gasteiger charge is 2.17. The Hall–Kier alpha value is -3.73. The molecule has 4 N–H and O–H groups in total. The average Bonchev–Trinajstić information content (AvgIpc) is 3.46. The van der Waals surface area contributed by atoms with Crippen molar-refractivity contribution in [1.29, 1.82) is 0 Å². The summed E-state index contributed by atoms with van der Waals surface area (Å²) >= 11 is 11.5. The predicted octanol–water partition coefficient (Wildman–Crippen LogP) is 5.52. The van der Waals surface area contributed by atoms with Crippen LogP contribution in [-0.4, -0.2) is 103 Å². The minimum Gasteiger partial charge on any atom is -0.478 e. The first-order valence-corrected chi connectivity index (χ1v) is 17.7. The van der Waals surface area contributed by atoms with E-state index in [1.165, 1.54) is 27.6 Å². The van der Waals surface area contributed by atoms with Crippen LogP contribution in [0, 0.1) is 6.92 Å². The molecule has 1 aliphatic heterocycles. The fourth-order valence-electron chi connectivity index (χ4n) is 4.04. The normalized spacial score (nSPS) is 13.4. The van der Waals surface area contributed by atoms with E-state index in [9.17, 15) is 19.2 Å². The third-order valence-electron chi connectivity index (χ3n) is 6.11. The lowest BCUT2D eigenvalue weighted by Crippen LogP contribution is -2.46. The number of rotatable bonds is 14. The number of carboxylic acid groups (broad SMARTS) is 4. The van der Waals surface area contributed by atoms with Gasteiger partial charge in [-0.05, 0) is 62.0 Å². The van der Waals surface area contributed by atoms with E-state index in [4.69, 9.17) is 37.0 Å². The number of aryl methyl sites for hydroxylation is 1. The summed E-state index contributed by atoms with van der Waals surface area (Å²) in [5.74, 6) is -2.99. The van der Waals surface area contributed by atoms with E-state index in [2.05, 4.69) is 39.9 Å². The second kappa shape index (κ2) is 22.8. The number of carbonyl (C=O) groups is 4. The van der Waals surface area contributed by atoms with Gasteiger partial charge in [-0.3, -0.25) is 14.9 Å². The SMILES string of the molecule is Cc1cc(SCCCN2CCN(Cc3ccc(Cl)s3)CC2)cc(CSc2ccncc2)n1.O=C(O)/C=C/C(=O)O.O=C(O)/C=C/C(=O)O. The van der Waals surface area contributed by atoms with Gasteiger partial charge in [0, 0.05) is 95.5 Å². The zero-order chi connectivity index (χ0) is 35.3. The Balaban J connectivity index is 0.000000414. The summed E-state index contributed by atoms with van der Waals surface area (Å²) in [6, 6.07) is 12.7. The van der Waals surface area contributed by atoms with Crippen LogP contribution in [0.25, 0.3) is 0 Å². The lowest BCUT2D eigenvalue weighted by atomic mass is 10.3. The molecule has 0 aliphatic carbocycles. The second-order valence-electron chi connectivity index (χ2n) is 9.95. The molecule has 0 bridgehead atoms. The van der Waals surface area contributed by atoms with Crippen LogP contribution in [0.15, 0.2) is 82.9 Å². The van der Waals surface area contributed by atoms with Crippen molar-refractivity contribution in [3.8, 4) is 0 Å². The fourth-order valence-corrected chi connectivity index (χ4v) is 6.93. The number of piperazine rings is 1. The van der Waals surface area contributed by atoms with Crippen LogP contribution in [0.3, 0.4) is 0 Å². The molecule has 16 heteroatoms. The standard InChI is InChI=1S/C24H29ClN4S3.2C4H4O4/c1-19-15-23(16-20(27-19)18-31-21-5-7-26-8-6-21)30-14-2-9-28-10-12-29(13-11-28)17-22-3-4-24(25)32-22;2*5-3(6)1-2-4(7)8/h3-8,15-16H,2,9-14,17-18H2,1H3;2*1-2H,(H,5,6)(H,7,8)/b;2*2-1+. The number of aromatic nitrogens is 2. The molecule has 0 amide bonds. The average molecular weight is 737 g/mol. The topological polar surface area (TPSA) is 181 Å². The maximum Gasteiger partial charge on any atom is 0.328 e. The van der Waals surface area contributed by atoms with Gasteiger partial charge in [0.15, 0.2) is 0 Å². The number of carboxylic acids is 4. The third-order valence-corrected chi connectivity index (χ3v) is 9.44. The number of thioether (sulfide) groups is 2. The number of halogens is 1. The van der Waals surface area contributed by atoms with Crippen LogP contribution in [0.2, 0.25) is 4.34 Å². The quantitative estimate of drug-likeness (QED) is 0.0923. The number of hydrogen-bond acceptors (Lipinski definition) is 11. The van der Waals surface area contributed by atoms with Gasteiger partial charge in [0.1, 0.15) is 0 Å². The Kier molecular flexibility index (Phi) is 19.2. The minimum atomic E-state index is -1.26. The molecule has 0 atom stereocenters. The Morgan fingerprint density at radius 1 is 0.812 bits per heavy atom. The monoisotopic (exact) mass is 736 g/mol. The molecule has 0 aromatic carbocycles. The maximum atomic E-state index is 9.55. The van der Waals surface area contributed by atoms with E-state index in [0.29, 0.717) is 24.3 Å². The third kappa shape index (κ3) is 19.2. The molecule has 3 aromatic rings. The maximum absolute atomic E-state index is 9.55. The van der Waals surface area contributed by atoms with Crippen molar-refractivity contribution in [1.82, 2.24) is 19.8 Å². The van der Waals surface area contributed by atoms with Crippen LogP contribution < -0.4 is 0 Å². The highest BCUT2D eigenvalue weighted by atomic mass is 35.5. The summed E-state index contributed by atoms with van der Waals surface area (Å²) in [6.45, 7) is 8.91. The van der Waals surface area contributed by atoms with Gasteiger partial charge in [0.25, 0.3) is 0 Å². The first kappa shape index (κ1) is 40.4. The Morgan fingerprint density at radius 3 is 1.90 bits per heavy atom. The molecule has 1 fully saturated rings. The molecule has 0 spiro atoms. The summed E-state index contributed by atoms with van der Waals surface area (Å²) < 4.78 is 0.889. The van der Waals surface area contributed by atoms with E-state index in [1.54, 1.807) is 11.3 Å². The van der Waals surface area contributed by atoms with Crippen LogP contribution in [-0.2, 0) is 31.5 Å². The molecule has 0 saturated carbocycles. The van der Waals surface area contributed by atoms with E-state index >= 15 is 0 Å². The first-order chi connectivity index (χ1) is 22.9. The molecule has 1 aliphatic rings. The number of thiophene rings is 1. The van der Waals surface area contributed by atoms with Crippen LogP contribution in [0.5, 0.6) is 0 Å². The largest absolute Gasteiger partial charge is 0.478 e. The molecule has 0 radical (unpaired) electrons. The number of aliphatic carboxylic acids is 4. The molecule has 0 unspecified atom stereocenters. The van der Waals surface area contributed by atoms with Crippen molar-refractivity contribution in [2.75, 3.05) is 38.5 Å². The van der Waals surface area contributed by atoms with Crippen LogP contribution in [0.4, 0.5) is 0 Å². The molecule has 3 aromatic heterocycles. The second-order valence-corrected chi connectivity index (χ2v) is 14.0. The molecular formula is C32H37ClN4O8S3. The zero-order valence-electron chi connectivity index (χ0n) is 26.1. The molecular weight excluding hydrogens is 700 g/mol. The fraction of sp³-hybridized carbons (Fsp3) is 0.312. The molecule has 48 heavy (non-hydrogen) atoms. The van der Waals surface area contributed by atoms with Gasteiger partial charge in [-0.2, -0.15) is 0 Å². The summed E-state index contributed by atoms with van der Waals surface area (Å²) in [5.41, 5.74) is 2.25. The Morgan fingerprint density at radius 2 is 1.38 bits per heavy atom. The lowest BCUT2D eigenvalue weighted by Gasteiger charge is -2.34. The summed E-state index contributed by atoms with van der Waals surface area (Å²) in [5, 5.41) is 31.2. The molecule has 1 saturated heterocycles.